The van der Waals surface area contributed by atoms with Crippen molar-refractivity contribution < 1.29 is 0 Å². The summed E-state index contributed by atoms with van der Waals surface area (Å²) in [7, 11) is 0. The Morgan fingerprint density at radius 2 is 1.22 bits per heavy atom. The third kappa shape index (κ3) is 5.30. The van der Waals surface area contributed by atoms with Crippen LogP contribution in [0.3, 0.4) is 0 Å². The number of hydrogen-bond donors (Lipinski definition) is 0. The molecule has 0 aromatic heterocycles. The monoisotopic (exact) mass is 628 g/mol. The van der Waals surface area contributed by atoms with Crippen molar-refractivity contribution in [2.24, 2.45) is 9.98 Å². The highest BCUT2D eigenvalue weighted by Gasteiger charge is 2.25. The fourth-order valence-corrected chi connectivity index (χ4v) is 7.85. The molecule has 0 bridgehead atoms. The van der Waals surface area contributed by atoms with E-state index >= 15 is 0 Å². The number of benzene rings is 7. The second kappa shape index (κ2) is 12.3. The third-order valence-corrected chi connectivity index (χ3v) is 10.3. The van der Waals surface area contributed by atoms with Gasteiger partial charge in [-0.15, -0.1) is 0 Å². The van der Waals surface area contributed by atoms with Crippen molar-refractivity contribution in [2.75, 3.05) is 0 Å². The molecule has 9 rings (SSSR count). The van der Waals surface area contributed by atoms with E-state index in [1.54, 1.807) is 0 Å². The first-order valence-corrected chi connectivity index (χ1v) is 17.3. The van der Waals surface area contributed by atoms with Gasteiger partial charge in [-0.25, -0.2) is 9.98 Å². The van der Waals surface area contributed by atoms with Crippen molar-refractivity contribution >= 4 is 49.4 Å². The number of aliphatic imine (C=N–C) groups is 2. The number of amidine groups is 1. The average molecular weight is 629 g/mol. The lowest BCUT2D eigenvalue weighted by atomic mass is 9.77. The van der Waals surface area contributed by atoms with Crippen molar-refractivity contribution in [3.63, 3.8) is 0 Å². The van der Waals surface area contributed by atoms with Crippen LogP contribution in [-0.2, 0) is 12.8 Å². The molecule has 49 heavy (non-hydrogen) atoms. The molecule has 0 saturated heterocycles. The molecular formula is C47H36N2. The number of fused-ring (bicyclic) bond motifs is 5. The van der Waals surface area contributed by atoms with Gasteiger partial charge in [0.25, 0.3) is 0 Å². The van der Waals surface area contributed by atoms with Crippen LogP contribution in [0.2, 0.25) is 0 Å². The van der Waals surface area contributed by atoms with Gasteiger partial charge in [-0.05, 0) is 91.5 Å². The molecule has 0 N–H and O–H groups in total. The Bertz CT molecular complexity index is 2550. The number of aryl methyl sites for hydroxylation is 1. The SMILES string of the molecule is CC1=C(c2c(CC3=CCC(c4ccccc4)=NC(c4ccc5ccccc5c4)=N3)c3ccccc3c3ccccc23)c2ccccc2CC1. The predicted molar refractivity (Wildman–Crippen MR) is 208 cm³/mol. The van der Waals surface area contributed by atoms with E-state index in [4.69, 9.17) is 9.98 Å². The maximum absolute atomic E-state index is 5.43. The molecule has 0 unspecified atom stereocenters. The summed E-state index contributed by atoms with van der Waals surface area (Å²) < 4.78 is 0. The Labute approximate surface area is 287 Å². The fraction of sp³-hybridized carbons (Fsp3) is 0.106. The van der Waals surface area contributed by atoms with E-state index in [2.05, 4.69) is 159 Å². The van der Waals surface area contributed by atoms with Gasteiger partial charge in [-0.3, -0.25) is 0 Å². The van der Waals surface area contributed by atoms with E-state index in [1.165, 1.54) is 65.7 Å². The van der Waals surface area contributed by atoms with Gasteiger partial charge in [-0.1, -0.05) is 151 Å². The van der Waals surface area contributed by atoms with Gasteiger partial charge in [0.1, 0.15) is 0 Å². The summed E-state index contributed by atoms with van der Waals surface area (Å²) in [4.78, 5) is 10.7. The van der Waals surface area contributed by atoms with Gasteiger partial charge in [0.05, 0.1) is 5.71 Å². The van der Waals surface area contributed by atoms with Crippen LogP contribution < -0.4 is 0 Å². The van der Waals surface area contributed by atoms with Crippen LogP contribution >= 0.6 is 0 Å². The third-order valence-electron chi connectivity index (χ3n) is 10.3. The smallest absolute Gasteiger partial charge is 0.159 e. The maximum Gasteiger partial charge on any atom is 0.159 e. The molecule has 1 aliphatic heterocycles. The molecule has 2 aliphatic rings. The van der Waals surface area contributed by atoms with Crippen LogP contribution in [0.15, 0.2) is 173 Å². The van der Waals surface area contributed by atoms with Gasteiger partial charge >= 0.3 is 0 Å². The Morgan fingerprint density at radius 1 is 0.551 bits per heavy atom. The van der Waals surface area contributed by atoms with Crippen LogP contribution in [0.25, 0.3) is 37.9 Å². The van der Waals surface area contributed by atoms with Crippen molar-refractivity contribution in [1.82, 2.24) is 0 Å². The molecule has 0 atom stereocenters. The van der Waals surface area contributed by atoms with Gasteiger partial charge in [0.2, 0.25) is 0 Å². The molecule has 0 spiro atoms. The minimum Gasteiger partial charge on any atom is -0.233 e. The van der Waals surface area contributed by atoms with E-state index < -0.39 is 0 Å². The minimum absolute atomic E-state index is 0.703. The molecule has 0 fully saturated rings. The summed E-state index contributed by atoms with van der Waals surface area (Å²) in [5.74, 6) is 0.762. The van der Waals surface area contributed by atoms with Crippen LogP contribution in [-0.4, -0.2) is 11.5 Å². The van der Waals surface area contributed by atoms with E-state index in [0.29, 0.717) is 12.8 Å². The molecule has 7 aromatic rings. The van der Waals surface area contributed by atoms with Crippen molar-refractivity contribution in [2.45, 2.75) is 32.6 Å². The second-order valence-corrected chi connectivity index (χ2v) is 13.3. The number of nitrogens with zero attached hydrogens (tertiary/aromatic N) is 2. The average Bonchev–Trinajstić information content (AvgIpc) is 3.38. The van der Waals surface area contributed by atoms with Gasteiger partial charge < -0.3 is 0 Å². The molecule has 1 aliphatic carbocycles. The molecule has 0 amide bonds. The zero-order chi connectivity index (χ0) is 32.7. The van der Waals surface area contributed by atoms with Crippen LogP contribution in [0.5, 0.6) is 0 Å². The van der Waals surface area contributed by atoms with Crippen molar-refractivity contribution in [3.8, 4) is 0 Å². The van der Waals surface area contributed by atoms with Gasteiger partial charge in [0.15, 0.2) is 5.84 Å². The maximum atomic E-state index is 5.43. The minimum atomic E-state index is 0.703. The molecular weight excluding hydrogens is 593 g/mol. The molecule has 2 nitrogen and oxygen atoms in total. The van der Waals surface area contributed by atoms with Crippen molar-refractivity contribution in [1.29, 1.82) is 0 Å². The van der Waals surface area contributed by atoms with Crippen LogP contribution in [0.4, 0.5) is 0 Å². The molecule has 2 heteroatoms. The largest absolute Gasteiger partial charge is 0.233 e. The van der Waals surface area contributed by atoms with Crippen molar-refractivity contribution in [3.05, 3.63) is 196 Å². The Kier molecular flexibility index (Phi) is 7.35. The first-order chi connectivity index (χ1) is 24.2. The summed E-state index contributed by atoms with van der Waals surface area (Å²) in [6.45, 7) is 2.33. The lowest BCUT2D eigenvalue weighted by Gasteiger charge is -2.26. The zero-order valence-electron chi connectivity index (χ0n) is 27.7. The summed E-state index contributed by atoms with van der Waals surface area (Å²) in [5, 5.41) is 7.58. The first-order valence-electron chi connectivity index (χ1n) is 17.3. The van der Waals surface area contributed by atoms with Gasteiger partial charge in [-0.2, -0.15) is 0 Å². The second-order valence-electron chi connectivity index (χ2n) is 13.3. The van der Waals surface area contributed by atoms with E-state index in [-0.39, 0.29) is 0 Å². The number of allylic oxidation sites excluding steroid dienone is 3. The van der Waals surface area contributed by atoms with E-state index in [1.807, 2.05) is 0 Å². The Balaban J connectivity index is 1.27. The molecule has 7 aromatic carbocycles. The lowest BCUT2D eigenvalue weighted by Crippen LogP contribution is -2.08. The number of hydrogen-bond acceptors (Lipinski definition) is 2. The van der Waals surface area contributed by atoms with Crippen LogP contribution in [0.1, 0.15) is 53.1 Å². The first kappa shape index (κ1) is 29.3. The summed E-state index contributed by atoms with van der Waals surface area (Å²) in [5.41, 5.74) is 12.5. The Morgan fingerprint density at radius 3 is 2.06 bits per heavy atom. The van der Waals surface area contributed by atoms with E-state index in [9.17, 15) is 0 Å². The van der Waals surface area contributed by atoms with E-state index in [0.717, 1.165) is 41.2 Å². The Hall–Kier alpha value is -5.86. The summed E-state index contributed by atoms with van der Waals surface area (Å²) in [6, 6.07) is 52.5. The highest BCUT2D eigenvalue weighted by Crippen LogP contribution is 2.44. The molecule has 0 saturated carbocycles. The quantitative estimate of drug-likeness (QED) is 0.169. The van der Waals surface area contributed by atoms with Crippen LogP contribution in [0, 0.1) is 0 Å². The summed E-state index contributed by atoms with van der Waals surface area (Å²) >= 11 is 0. The predicted octanol–water partition coefficient (Wildman–Crippen LogP) is 11.7. The highest BCUT2D eigenvalue weighted by molar-refractivity contribution is 6.16. The summed E-state index contributed by atoms with van der Waals surface area (Å²) in [6.07, 6.45) is 5.87. The van der Waals surface area contributed by atoms with Gasteiger partial charge in [0, 0.05) is 24.1 Å². The highest BCUT2D eigenvalue weighted by atomic mass is 14.9. The fourth-order valence-electron chi connectivity index (χ4n) is 7.85. The standard InChI is InChI=1S/C47H36N2/c1-31-23-24-33-14-7-8-18-38(33)45(31)46-42-22-12-11-20-40(42)39-19-9-10-21-41(39)43(46)30-37-27-28-44(34-15-3-2-4-16-34)49-47(48-37)36-26-25-32-13-5-6-17-35(32)29-36/h2-22,25-27,29H,23-24,28,30H2,1H3. The number of rotatable bonds is 5. The normalized spacial score (nSPS) is 14.8. The lowest BCUT2D eigenvalue weighted by molar-refractivity contribution is 0.918. The molecule has 0 radical (unpaired) electrons. The molecule has 1 heterocycles. The zero-order valence-corrected chi connectivity index (χ0v) is 27.7. The molecule has 234 valence electrons. The topological polar surface area (TPSA) is 24.7 Å².